The molecule has 0 radical (unpaired) electrons. The summed E-state index contributed by atoms with van der Waals surface area (Å²) in [6, 6.07) is 1.82. The molecule has 102 valence electrons. The Morgan fingerprint density at radius 3 is 2.28 bits per heavy atom. The van der Waals surface area contributed by atoms with Gasteiger partial charge in [0, 0.05) is 6.54 Å². The van der Waals surface area contributed by atoms with Crippen LogP contribution >= 0.6 is 0 Å². The van der Waals surface area contributed by atoms with Gasteiger partial charge in [-0.3, -0.25) is 4.98 Å². The average Bonchev–Trinajstić information content (AvgIpc) is 2.43. The second kappa shape index (κ2) is 7.15. The molecule has 0 bridgehead atoms. The van der Waals surface area contributed by atoms with Crippen LogP contribution in [0.5, 0.6) is 0 Å². The molecule has 0 aliphatic heterocycles. The first-order valence-electron chi connectivity index (χ1n) is 5.99. The van der Waals surface area contributed by atoms with Crippen molar-refractivity contribution in [3.05, 3.63) is 18.5 Å². The molecule has 5 N–H and O–H groups in total. The molecule has 1 heterocycles. The second-order valence-corrected chi connectivity index (χ2v) is 4.27. The topological polar surface area (TPSA) is 97.6 Å². The highest BCUT2D eigenvalue weighted by Gasteiger charge is 2.27. The van der Waals surface area contributed by atoms with Crippen molar-refractivity contribution in [1.29, 1.82) is 0 Å². The summed E-state index contributed by atoms with van der Waals surface area (Å²) in [4.78, 5) is 4.05. The maximum absolute atomic E-state index is 9.23. The maximum atomic E-state index is 9.23. The standard InChI is InChI=1S/C12H21N3O3/c1-2-3-14-10-4-11(6-13-5-10)15-12(7-16,8-17)9-18/h4-6,14-18H,2-3,7-9H2,1H3. The smallest absolute Gasteiger partial charge is 0.107 e. The van der Waals surface area contributed by atoms with Crippen LogP contribution < -0.4 is 10.6 Å². The van der Waals surface area contributed by atoms with Crippen molar-refractivity contribution in [3.63, 3.8) is 0 Å². The largest absolute Gasteiger partial charge is 0.394 e. The van der Waals surface area contributed by atoms with Crippen molar-refractivity contribution < 1.29 is 15.3 Å². The van der Waals surface area contributed by atoms with Crippen LogP contribution in [-0.4, -0.2) is 52.2 Å². The molecule has 1 rings (SSSR count). The molecule has 0 fully saturated rings. The highest BCUT2D eigenvalue weighted by atomic mass is 16.3. The van der Waals surface area contributed by atoms with Crippen molar-refractivity contribution in [3.8, 4) is 0 Å². The van der Waals surface area contributed by atoms with Gasteiger partial charge >= 0.3 is 0 Å². The number of rotatable bonds is 8. The van der Waals surface area contributed by atoms with Crippen LogP contribution in [-0.2, 0) is 0 Å². The lowest BCUT2D eigenvalue weighted by Gasteiger charge is -2.29. The monoisotopic (exact) mass is 255 g/mol. The van der Waals surface area contributed by atoms with Crippen LogP contribution in [0.1, 0.15) is 13.3 Å². The minimum Gasteiger partial charge on any atom is -0.394 e. The molecule has 0 saturated heterocycles. The Labute approximate surface area is 107 Å². The number of aromatic nitrogens is 1. The zero-order valence-corrected chi connectivity index (χ0v) is 10.6. The number of hydrogen-bond donors (Lipinski definition) is 5. The second-order valence-electron chi connectivity index (χ2n) is 4.27. The number of aliphatic hydroxyl groups is 3. The molecule has 0 aliphatic carbocycles. The maximum Gasteiger partial charge on any atom is 0.107 e. The van der Waals surface area contributed by atoms with Gasteiger partial charge in [0.05, 0.1) is 43.6 Å². The van der Waals surface area contributed by atoms with Crippen molar-refractivity contribution in [2.45, 2.75) is 18.9 Å². The number of aliphatic hydroxyl groups excluding tert-OH is 3. The first-order valence-corrected chi connectivity index (χ1v) is 5.99. The molecule has 0 aromatic carbocycles. The molecule has 1 aromatic rings. The minimum absolute atomic E-state index is 0.368. The Hall–Kier alpha value is -1.37. The van der Waals surface area contributed by atoms with E-state index in [1.54, 1.807) is 12.4 Å². The number of pyridine rings is 1. The molecule has 0 saturated carbocycles. The van der Waals surface area contributed by atoms with Crippen LogP contribution in [0.25, 0.3) is 0 Å². The molecule has 0 amide bonds. The van der Waals surface area contributed by atoms with E-state index in [1.807, 2.05) is 6.07 Å². The van der Waals surface area contributed by atoms with Gasteiger partial charge in [-0.1, -0.05) is 6.92 Å². The van der Waals surface area contributed by atoms with Crippen LogP contribution in [0.4, 0.5) is 11.4 Å². The van der Waals surface area contributed by atoms with E-state index in [2.05, 4.69) is 22.5 Å². The summed E-state index contributed by atoms with van der Waals surface area (Å²) in [6.07, 6.45) is 4.28. The average molecular weight is 255 g/mol. The molecular weight excluding hydrogens is 234 g/mol. The third kappa shape index (κ3) is 3.83. The van der Waals surface area contributed by atoms with Gasteiger partial charge in [0.1, 0.15) is 5.54 Å². The van der Waals surface area contributed by atoms with E-state index in [9.17, 15) is 15.3 Å². The molecular formula is C12H21N3O3. The molecule has 6 nitrogen and oxygen atoms in total. The molecule has 18 heavy (non-hydrogen) atoms. The minimum atomic E-state index is -1.13. The van der Waals surface area contributed by atoms with Gasteiger partial charge in [0.25, 0.3) is 0 Å². The van der Waals surface area contributed by atoms with Gasteiger partial charge in [-0.2, -0.15) is 0 Å². The van der Waals surface area contributed by atoms with Crippen LogP contribution in [0.2, 0.25) is 0 Å². The lowest BCUT2D eigenvalue weighted by atomic mass is 10.0. The van der Waals surface area contributed by atoms with Crippen LogP contribution in [0.3, 0.4) is 0 Å². The SMILES string of the molecule is CCCNc1cncc(NC(CO)(CO)CO)c1. The first-order chi connectivity index (χ1) is 8.69. The van der Waals surface area contributed by atoms with Gasteiger partial charge in [-0.05, 0) is 12.5 Å². The highest BCUT2D eigenvalue weighted by Crippen LogP contribution is 2.17. The van der Waals surface area contributed by atoms with E-state index in [0.29, 0.717) is 5.69 Å². The predicted octanol–water partition coefficient (Wildman–Crippen LogP) is 0.0311. The number of nitrogens with one attached hydrogen (secondary N) is 2. The quantitative estimate of drug-likeness (QED) is 0.450. The fourth-order valence-corrected chi connectivity index (χ4v) is 1.45. The Morgan fingerprint density at radius 1 is 1.11 bits per heavy atom. The van der Waals surface area contributed by atoms with Gasteiger partial charge in [0.2, 0.25) is 0 Å². The van der Waals surface area contributed by atoms with Gasteiger partial charge in [-0.15, -0.1) is 0 Å². The normalized spacial score (nSPS) is 11.3. The fraction of sp³-hybridized carbons (Fsp3) is 0.583. The lowest BCUT2D eigenvalue weighted by Crippen LogP contribution is -2.49. The van der Waals surface area contributed by atoms with Gasteiger partial charge < -0.3 is 26.0 Å². The van der Waals surface area contributed by atoms with Gasteiger partial charge in [0.15, 0.2) is 0 Å². The zero-order chi connectivity index (χ0) is 13.4. The van der Waals surface area contributed by atoms with Crippen molar-refractivity contribution in [2.24, 2.45) is 0 Å². The summed E-state index contributed by atoms with van der Waals surface area (Å²) in [5, 5.41) is 33.8. The Morgan fingerprint density at radius 2 is 1.72 bits per heavy atom. The Balaban J connectivity index is 2.77. The van der Waals surface area contributed by atoms with Gasteiger partial charge in [-0.25, -0.2) is 0 Å². The van der Waals surface area contributed by atoms with E-state index >= 15 is 0 Å². The zero-order valence-electron chi connectivity index (χ0n) is 10.6. The summed E-state index contributed by atoms with van der Waals surface area (Å²) in [5.41, 5.74) is 0.350. The van der Waals surface area contributed by atoms with E-state index in [-0.39, 0.29) is 19.8 Å². The summed E-state index contributed by atoms with van der Waals surface area (Å²) < 4.78 is 0. The van der Waals surface area contributed by atoms with E-state index in [0.717, 1.165) is 18.7 Å². The van der Waals surface area contributed by atoms with Crippen LogP contribution in [0.15, 0.2) is 18.5 Å². The molecule has 0 atom stereocenters. The Kier molecular flexibility index (Phi) is 5.84. The Bertz CT molecular complexity index is 348. The number of anilines is 2. The van der Waals surface area contributed by atoms with E-state index < -0.39 is 5.54 Å². The molecule has 1 aromatic heterocycles. The number of nitrogens with zero attached hydrogens (tertiary/aromatic N) is 1. The summed E-state index contributed by atoms with van der Waals surface area (Å²) in [7, 11) is 0. The first kappa shape index (κ1) is 14.7. The molecule has 0 unspecified atom stereocenters. The number of hydrogen-bond acceptors (Lipinski definition) is 6. The molecule has 0 aliphatic rings. The summed E-state index contributed by atoms with van der Waals surface area (Å²) in [5.74, 6) is 0. The lowest BCUT2D eigenvalue weighted by molar-refractivity contribution is 0.0833. The van der Waals surface area contributed by atoms with Crippen molar-refractivity contribution in [1.82, 2.24) is 4.98 Å². The van der Waals surface area contributed by atoms with E-state index in [1.165, 1.54) is 0 Å². The van der Waals surface area contributed by atoms with E-state index in [4.69, 9.17) is 0 Å². The summed E-state index contributed by atoms with van der Waals surface area (Å²) >= 11 is 0. The van der Waals surface area contributed by atoms with Crippen LogP contribution in [0, 0.1) is 0 Å². The van der Waals surface area contributed by atoms with Crippen molar-refractivity contribution in [2.75, 3.05) is 37.0 Å². The van der Waals surface area contributed by atoms with Crippen molar-refractivity contribution >= 4 is 11.4 Å². The molecule has 0 spiro atoms. The fourth-order valence-electron chi connectivity index (χ4n) is 1.45. The third-order valence-electron chi connectivity index (χ3n) is 2.63. The third-order valence-corrected chi connectivity index (χ3v) is 2.63. The highest BCUT2D eigenvalue weighted by molar-refractivity contribution is 5.55. The molecule has 6 heteroatoms. The summed E-state index contributed by atoms with van der Waals surface area (Å²) in [6.45, 7) is 1.80. The predicted molar refractivity (Wildman–Crippen MR) is 70.6 cm³/mol.